The van der Waals surface area contributed by atoms with Gasteiger partial charge >= 0.3 is 0 Å². The standard InChI is InChI=1S/C10H20N2O/c1-12(10-2-5-11-8-10)9-3-6-13-7-4-9/h9-11H,2-8H2,1H3/t10-/m1/s1. The molecule has 13 heavy (non-hydrogen) atoms. The molecule has 0 bridgehead atoms. The first-order valence-corrected chi connectivity index (χ1v) is 5.38. The summed E-state index contributed by atoms with van der Waals surface area (Å²) in [5.74, 6) is 0. The summed E-state index contributed by atoms with van der Waals surface area (Å²) in [5.41, 5.74) is 0. The summed E-state index contributed by atoms with van der Waals surface area (Å²) in [6.45, 7) is 4.27. The number of hydrogen-bond donors (Lipinski definition) is 1. The van der Waals surface area contributed by atoms with Crippen LogP contribution in [0.15, 0.2) is 0 Å². The maximum Gasteiger partial charge on any atom is 0.0480 e. The number of nitrogens with one attached hydrogen (secondary N) is 1. The molecule has 0 saturated carbocycles. The summed E-state index contributed by atoms with van der Waals surface area (Å²) in [5, 5.41) is 3.42. The Kier molecular flexibility index (Phi) is 3.19. The second kappa shape index (κ2) is 4.40. The van der Waals surface area contributed by atoms with Gasteiger partial charge in [-0.15, -0.1) is 0 Å². The lowest BCUT2D eigenvalue weighted by molar-refractivity contribution is 0.0313. The molecule has 76 valence electrons. The minimum atomic E-state index is 0.763. The molecule has 2 rings (SSSR count). The first kappa shape index (κ1) is 9.44. The van der Waals surface area contributed by atoms with E-state index in [0.717, 1.165) is 25.3 Å². The monoisotopic (exact) mass is 184 g/mol. The van der Waals surface area contributed by atoms with Crippen LogP contribution in [0.3, 0.4) is 0 Å². The fourth-order valence-electron chi connectivity index (χ4n) is 2.38. The molecule has 0 radical (unpaired) electrons. The molecule has 1 N–H and O–H groups in total. The molecule has 2 aliphatic heterocycles. The van der Waals surface area contributed by atoms with E-state index in [9.17, 15) is 0 Å². The van der Waals surface area contributed by atoms with Gasteiger partial charge in [0.1, 0.15) is 0 Å². The van der Waals surface area contributed by atoms with Crippen LogP contribution in [0, 0.1) is 0 Å². The van der Waals surface area contributed by atoms with E-state index in [1.807, 2.05) is 0 Å². The molecule has 0 spiro atoms. The number of ether oxygens (including phenoxy) is 1. The molecule has 3 nitrogen and oxygen atoms in total. The molecule has 2 fully saturated rings. The van der Waals surface area contributed by atoms with Gasteiger partial charge in [0.15, 0.2) is 0 Å². The van der Waals surface area contributed by atoms with Gasteiger partial charge in [0.2, 0.25) is 0 Å². The molecule has 2 saturated heterocycles. The van der Waals surface area contributed by atoms with Crippen molar-refractivity contribution < 1.29 is 4.74 Å². The molecular weight excluding hydrogens is 164 g/mol. The van der Waals surface area contributed by atoms with Crippen LogP contribution in [-0.4, -0.2) is 50.3 Å². The van der Waals surface area contributed by atoms with Gasteiger partial charge < -0.3 is 10.1 Å². The average Bonchev–Trinajstić information content (AvgIpc) is 2.71. The lowest BCUT2D eigenvalue weighted by atomic mass is 10.1. The SMILES string of the molecule is CN(C1CCOCC1)[C@@H]1CCNC1. The summed E-state index contributed by atoms with van der Waals surface area (Å²) < 4.78 is 5.37. The predicted octanol–water partition coefficient (Wildman–Crippen LogP) is 0.459. The number of likely N-dealkylation sites (N-methyl/N-ethyl adjacent to an activating group) is 1. The van der Waals surface area contributed by atoms with Crippen LogP contribution >= 0.6 is 0 Å². The van der Waals surface area contributed by atoms with E-state index in [2.05, 4.69) is 17.3 Å². The second-order valence-electron chi connectivity index (χ2n) is 4.16. The molecule has 1 atom stereocenters. The highest BCUT2D eigenvalue weighted by molar-refractivity contribution is 4.83. The first-order valence-electron chi connectivity index (χ1n) is 5.38. The summed E-state index contributed by atoms with van der Waals surface area (Å²) in [4.78, 5) is 2.56. The van der Waals surface area contributed by atoms with Gasteiger partial charge in [-0.1, -0.05) is 0 Å². The summed E-state index contributed by atoms with van der Waals surface area (Å²) in [7, 11) is 2.27. The van der Waals surface area contributed by atoms with Crippen molar-refractivity contribution in [2.45, 2.75) is 31.3 Å². The molecule has 0 unspecified atom stereocenters. The highest BCUT2D eigenvalue weighted by atomic mass is 16.5. The van der Waals surface area contributed by atoms with E-state index in [-0.39, 0.29) is 0 Å². The Morgan fingerprint density at radius 3 is 2.54 bits per heavy atom. The van der Waals surface area contributed by atoms with Gasteiger partial charge in [-0.2, -0.15) is 0 Å². The van der Waals surface area contributed by atoms with E-state index < -0.39 is 0 Å². The van der Waals surface area contributed by atoms with Gasteiger partial charge in [-0.25, -0.2) is 0 Å². The fourth-order valence-corrected chi connectivity index (χ4v) is 2.38. The van der Waals surface area contributed by atoms with Crippen LogP contribution in [0.4, 0.5) is 0 Å². The van der Waals surface area contributed by atoms with Crippen molar-refractivity contribution in [1.82, 2.24) is 10.2 Å². The zero-order valence-corrected chi connectivity index (χ0v) is 8.46. The van der Waals surface area contributed by atoms with E-state index in [1.165, 1.54) is 32.4 Å². The van der Waals surface area contributed by atoms with Gasteiger partial charge in [0, 0.05) is 31.8 Å². The zero-order valence-electron chi connectivity index (χ0n) is 8.46. The molecule has 3 heteroatoms. The fraction of sp³-hybridized carbons (Fsp3) is 1.00. The van der Waals surface area contributed by atoms with Crippen molar-refractivity contribution in [2.75, 3.05) is 33.4 Å². The molecule has 0 aromatic heterocycles. The van der Waals surface area contributed by atoms with Crippen LogP contribution in [0.1, 0.15) is 19.3 Å². The van der Waals surface area contributed by atoms with Crippen molar-refractivity contribution in [1.29, 1.82) is 0 Å². The third-order valence-electron chi connectivity index (χ3n) is 3.38. The van der Waals surface area contributed by atoms with Crippen LogP contribution in [-0.2, 0) is 4.74 Å². The van der Waals surface area contributed by atoms with E-state index >= 15 is 0 Å². The smallest absolute Gasteiger partial charge is 0.0480 e. The highest BCUT2D eigenvalue weighted by Gasteiger charge is 2.26. The van der Waals surface area contributed by atoms with Crippen LogP contribution in [0.5, 0.6) is 0 Å². The topological polar surface area (TPSA) is 24.5 Å². The molecule has 0 amide bonds. The number of nitrogens with zero attached hydrogens (tertiary/aromatic N) is 1. The maximum absolute atomic E-state index is 5.37. The van der Waals surface area contributed by atoms with E-state index in [1.54, 1.807) is 0 Å². The average molecular weight is 184 g/mol. The lowest BCUT2D eigenvalue weighted by Crippen LogP contribution is -2.44. The van der Waals surface area contributed by atoms with E-state index in [4.69, 9.17) is 4.74 Å². The number of hydrogen-bond acceptors (Lipinski definition) is 3. The first-order chi connectivity index (χ1) is 6.38. The minimum Gasteiger partial charge on any atom is -0.381 e. The van der Waals surface area contributed by atoms with Crippen molar-refractivity contribution in [3.05, 3.63) is 0 Å². The normalized spacial score (nSPS) is 31.4. The summed E-state index contributed by atoms with van der Waals surface area (Å²) in [6, 6.07) is 1.53. The third kappa shape index (κ3) is 2.22. The third-order valence-corrected chi connectivity index (χ3v) is 3.38. The molecule has 2 aliphatic rings. The van der Waals surface area contributed by atoms with Gasteiger partial charge in [0.05, 0.1) is 0 Å². The van der Waals surface area contributed by atoms with Crippen LogP contribution in [0.2, 0.25) is 0 Å². The molecule has 0 aromatic rings. The Morgan fingerprint density at radius 1 is 1.15 bits per heavy atom. The number of rotatable bonds is 2. The van der Waals surface area contributed by atoms with Crippen molar-refractivity contribution >= 4 is 0 Å². The molecule has 2 heterocycles. The Hall–Kier alpha value is -0.120. The summed E-state index contributed by atoms with van der Waals surface area (Å²) in [6.07, 6.45) is 3.74. The van der Waals surface area contributed by atoms with Crippen LogP contribution in [0.25, 0.3) is 0 Å². The lowest BCUT2D eigenvalue weighted by Gasteiger charge is -2.35. The van der Waals surface area contributed by atoms with Crippen molar-refractivity contribution in [2.24, 2.45) is 0 Å². The Bertz CT molecular complexity index is 151. The van der Waals surface area contributed by atoms with Gasteiger partial charge in [-0.05, 0) is 32.9 Å². The predicted molar refractivity (Wildman–Crippen MR) is 52.9 cm³/mol. The largest absolute Gasteiger partial charge is 0.381 e. The molecule has 0 aliphatic carbocycles. The Balaban J connectivity index is 1.83. The van der Waals surface area contributed by atoms with Crippen LogP contribution < -0.4 is 5.32 Å². The van der Waals surface area contributed by atoms with E-state index in [0.29, 0.717) is 0 Å². The second-order valence-corrected chi connectivity index (χ2v) is 4.16. The Morgan fingerprint density at radius 2 is 1.92 bits per heavy atom. The summed E-state index contributed by atoms with van der Waals surface area (Å²) >= 11 is 0. The Labute approximate surface area is 80.4 Å². The zero-order chi connectivity index (χ0) is 9.10. The van der Waals surface area contributed by atoms with Gasteiger partial charge in [-0.3, -0.25) is 4.90 Å². The highest BCUT2D eigenvalue weighted by Crippen LogP contribution is 2.17. The van der Waals surface area contributed by atoms with Crippen molar-refractivity contribution in [3.63, 3.8) is 0 Å². The maximum atomic E-state index is 5.37. The van der Waals surface area contributed by atoms with Gasteiger partial charge in [0.25, 0.3) is 0 Å². The molecular formula is C10H20N2O. The van der Waals surface area contributed by atoms with Crippen molar-refractivity contribution in [3.8, 4) is 0 Å². The quantitative estimate of drug-likeness (QED) is 0.675. The minimum absolute atomic E-state index is 0.763. The molecule has 0 aromatic carbocycles.